The number of aliphatic carboxylic acids is 1. The molecule has 0 spiro atoms. The first-order valence-electron chi connectivity index (χ1n) is 5.10. The summed E-state index contributed by atoms with van der Waals surface area (Å²) in [6.45, 7) is 0.0755. The summed E-state index contributed by atoms with van der Waals surface area (Å²) in [4.78, 5) is 25.7. The van der Waals surface area contributed by atoms with E-state index in [1.807, 2.05) is 0 Å². The number of carboxylic acid groups (broad SMARTS) is 1. The van der Waals surface area contributed by atoms with E-state index in [1.54, 1.807) is 5.38 Å². The molecule has 0 saturated carbocycles. The summed E-state index contributed by atoms with van der Waals surface area (Å²) in [5, 5.41) is 10.2. The number of pyridine rings is 1. The van der Waals surface area contributed by atoms with Crippen molar-refractivity contribution in [3.8, 4) is 11.4 Å². The number of halogens is 1. The zero-order chi connectivity index (χ0) is 13.1. The number of hydrogen-bond acceptors (Lipinski definition) is 4. The van der Waals surface area contributed by atoms with Crippen LogP contribution in [0.3, 0.4) is 0 Å². The first-order chi connectivity index (χ1) is 8.58. The number of thiazole rings is 1. The van der Waals surface area contributed by atoms with E-state index >= 15 is 0 Å². The van der Waals surface area contributed by atoms with Gasteiger partial charge in [0, 0.05) is 11.9 Å². The van der Waals surface area contributed by atoms with E-state index in [0.29, 0.717) is 11.4 Å². The first kappa shape index (κ1) is 12.4. The molecule has 1 N–H and O–H groups in total. The number of carbonyl (C=O) groups is 1. The van der Waals surface area contributed by atoms with Crippen LogP contribution in [0.4, 0.5) is 4.39 Å². The van der Waals surface area contributed by atoms with Crippen LogP contribution in [-0.4, -0.2) is 20.6 Å². The zero-order valence-corrected chi connectivity index (χ0v) is 9.98. The number of rotatable bonds is 4. The Morgan fingerprint density at radius 2 is 2.28 bits per heavy atom. The summed E-state index contributed by atoms with van der Waals surface area (Å²) in [5.74, 6) is -1.44. The van der Waals surface area contributed by atoms with Crippen LogP contribution in [0.2, 0.25) is 0 Å². The maximum absolute atomic E-state index is 12.8. The third kappa shape index (κ3) is 2.62. The fourth-order valence-corrected chi connectivity index (χ4v) is 2.25. The van der Waals surface area contributed by atoms with E-state index in [0.717, 1.165) is 17.5 Å². The number of hydrogen-bond donors (Lipinski definition) is 1. The van der Waals surface area contributed by atoms with E-state index in [2.05, 4.69) is 4.98 Å². The monoisotopic (exact) mass is 268 g/mol. The van der Waals surface area contributed by atoms with Crippen LogP contribution in [0.1, 0.15) is 6.42 Å². The Labute approximate surface area is 105 Å². The molecule has 0 radical (unpaired) electrons. The van der Waals surface area contributed by atoms with Gasteiger partial charge in [-0.05, 0) is 12.1 Å². The summed E-state index contributed by atoms with van der Waals surface area (Å²) in [6.07, 6.45) is 0.907. The molecule has 0 aliphatic carbocycles. The standard InChI is InChI=1S/C11H9FN2O3S/c12-7-1-2-8(13-5-7)9-6-18-11(17)14(9)4-3-10(15)16/h1-2,5-6H,3-4H2,(H,15,16). The molecule has 94 valence electrons. The Morgan fingerprint density at radius 1 is 1.50 bits per heavy atom. The van der Waals surface area contributed by atoms with Gasteiger partial charge >= 0.3 is 10.8 Å². The van der Waals surface area contributed by atoms with Gasteiger partial charge < -0.3 is 5.11 Å². The van der Waals surface area contributed by atoms with Crippen LogP contribution in [0.15, 0.2) is 28.5 Å². The van der Waals surface area contributed by atoms with Gasteiger partial charge in [-0.15, -0.1) is 0 Å². The van der Waals surface area contributed by atoms with Gasteiger partial charge in [0.1, 0.15) is 5.82 Å². The molecule has 0 unspecified atom stereocenters. The molecule has 18 heavy (non-hydrogen) atoms. The van der Waals surface area contributed by atoms with Gasteiger partial charge in [0.2, 0.25) is 0 Å². The lowest BCUT2D eigenvalue weighted by Crippen LogP contribution is -2.16. The van der Waals surface area contributed by atoms with Crippen molar-refractivity contribution >= 4 is 17.3 Å². The number of nitrogens with zero attached hydrogens (tertiary/aromatic N) is 2. The van der Waals surface area contributed by atoms with Crippen LogP contribution in [0.5, 0.6) is 0 Å². The van der Waals surface area contributed by atoms with Crippen molar-refractivity contribution in [1.82, 2.24) is 9.55 Å². The van der Waals surface area contributed by atoms with E-state index in [4.69, 9.17) is 5.11 Å². The predicted molar refractivity (Wildman–Crippen MR) is 64.0 cm³/mol. The quantitative estimate of drug-likeness (QED) is 0.913. The molecule has 0 aliphatic rings. The fraction of sp³-hybridized carbons (Fsp3) is 0.182. The summed E-state index contributed by atoms with van der Waals surface area (Å²) in [6, 6.07) is 2.69. The lowest BCUT2D eigenvalue weighted by molar-refractivity contribution is -0.137. The Bertz CT molecular complexity index is 618. The van der Waals surface area contributed by atoms with Gasteiger partial charge in [0.05, 0.1) is 24.0 Å². The Balaban J connectivity index is 2.36. The van der Waals surface area contributed by atoms with E-state index in [-0.39, 0.29) is 17.8 Å². The van der Waals surface area contributed by atoms with Crippen LogP contribution >= 0.6 is 11.3 Å². The maximum Gasteiger partial charge on any atom is 0.307 e. The van der Waals surface area contributed by atoms with Crippen LogP contribution in [0.25, 0.3) is 11.4 Å². The van der Waals surface area contributed by atoms with Gasteiger partial charge in [-0.1, -0.05) is 11.3 Å². The highest BCUT2D eigenvalue weighted by molar-refractivity contribution is 7.07. The highest BCUT2D eigenvalue weighted by Crippen LogP contribution is 2.18. The highest BCUT2D eigenvalue weighted by Gasteiger charge is 2.11. The van der Waals surface area contributed by atoms with E-state index in [9.17, 15) is 14.0 Å². The Morgan fingerprint density at radius 3 is 2.89 bits per heavy atom. The molecule has 2 aromatic rings. The van der Waals surface area contributed by atoms with Crippen molar-refractivity contribution in [2.24, 2.45) is 0 Å². The molecule has 2 heterocycles. The average molecular weight is 268 g/mol. The molecule has 0 fully saturated rings. The topological polar surface area (TPSA) is 72.2 Å². The summed E-state index contributed by atoms with van der Waals surface area (Å²) in [5.41, 5.74) is 0.950. The summed E-state index contributed by atoms with van der Waals surface area (Å²) < 4.78 is 14.1. The van der Waals surface area contributed by atoms with Gasteiger partial charge in [0.25, 0.3) is 0 Å². The molecule has 2 aromatic heterocycles. The lowest BCUT2D eigenvalue weighted by Gasteiger charge is -2.05. The molecule has 5 nitrogen and oxygen atoms in total. The second-order valence-corrected chi connectivity index (χ2v) is 4.36. The third-order valence-corrected chi connectivity index (χ3v) is 3.08. The molecule has 7 heteroatoms. The molecule has 0 atom stereocenters. The van der Waals surface area contributed by atoms with Crippen molar-refractivity contribution < 1.29 is 14.3 Å². The van der Waals surface area contributed by atoms with E-state index < -0.39 is 11.8 Å². The van der Waals surface area contributed by atoms with Crippen LogP contribution in [0, 0.1) is 5.82 Å². The molecule has 2 rings (SSSR count). The minimum absolute atomic E-state index is 0.0755. The number of carboxylic acids is 1. The predicted octanol–water partition coefficient (Wildman–Crippen LogP) is 1.59. The Kier molecular flexibility index (Phi) is 3.52. The molecule has 0 bridgehead atoms. The zero-order valence-electron chi connectivity index (χ0n) is 9.17. The smallest absolute Gasteiger partial charge is 0.307 e. The Hall–Kier alpha value is -2.02. The second-order valence-electron chi connectivity index (χ2n) is 3.54. The maximum atomic E-state index is 12.8. The highest BCUT2D eigenvalue weighted by atomic mass is 32.1. The van der Waals surface area contributed by atoms with Crippen molar-refractivity contribution in [3.05, 3.63) is 39.2 Å². The van der Waals surface area contributed by atoms with Gasteiger partial charge in [0.15, 0.2) is 0 Å². The SMILES string of the molecule is O=C(O)CCn1c(-c2ccc(F)cn2)csc1=O. The van der Waals surface area contributed by atoms with Gasteiger partial charge in [-0.2, -0.15) is 0 Å². The molecule has 0 aromatic carbocycles. The van der Waals surface area contributed by atoms with Crippen LogP contribution < -0.4 is 4.87 Å². The molecule has 0 saturated heterocycles. The number of aromatic nitrogens is 2. The molecular formula is C11H9FN2O3S. The van der Waals surface area contributed by atoms with Crippen molar-refractivity contribution in [3.63, 3.8) is 0 Å². The fourth-order valence-electron chi connectivity index (χ4n) is 1.48. The van der Waals surface area contributed by atoms with Crippen molar-refractivity contribution in [2.45, 2.75) is 13.0 Å². The van der Waals surface area contributed by atoms with Crippen LogP contribution in [-0.2, 0) is 11.3 Å². The van der Waals surface area contributed by atoms with Gasteiger partial charge in [-0.25, -0.2) is 4.39 Å². The summed E-state index contributed by atoms with van der Waals surface area (Å²) in [7, 11) is 0. The molecular weight excluding hydrogens is 259 g/mol. The second kappa shape index (κ2) is 5.09. The first-order valence-corrected chi connectivity index (χ1v) is 5.98. The van der Waals surface area contributed by atoms with Crippen molar-refractivity contribution in [2.75, 3.05) is 0 Å². The average Bonchev–Trinajstić information content (AvgIpc) is 2.69. The van der Waals surface area contributed by atoms with Crippen molar-refractivity contribution in [1.29, 1.82) is 0 Å². The minimum atomic E-state index is -0.980. The summed E-state index contributed by atoms with van der Waals surface area (Å²) >= 11 is 0.962. The van der Waals surface area contributed by atoms with Gasteiger partial charge in [-0.3, -0.25) is 19.1 Å². The normalized spacial score (nSPS) is 10.5. The lowest BCUT2D eigenvalue weighted by atomic mass is 10.3. The largest absolute Gasteiger partial charge is 0.481 e. The molecule has 0 aliphatic heterocycles. The molecule has 0 amide bonds. The third-order valence-electron chi connectivity index (χ3n) is 2.32. The minimum Gasteiger partial charge on any atom is -0.481 e. The van der Waals surface area contributed by atoms with E-state index in [1.165, 1.54) is 16.7 Å².